The van der Waals surface area contributed by atoms with Gasteiger partial charge in [0.15, 0.2) is 0 Å². The van der Waals surface area contributed by atoms with E-state index in [1.807, 2.05) is 38.1 Å². The molecule has 2 N–H and O–H groups in total. The van der Waals surface area contributed by atoms with Crippen LogP contribution >= 0.6 is 0 Å². The Hall–Kier alpha value is -1.84. The lowest BCUT2D eigenvalue weighted by Gasteiger charge is -2.20. The molecule has 1 aliphatic carbocycles. The Kier molecular flexibility index (Phi) is 5.37. The van der Waals surface area contributed by atoms with Crippen molar-refractivity contribution in [3.63, 3.8) is 0 Å². The van der Waals surface area contributed by atoms with E-state index in [0.717, 1.165) is 17.8 Å². The van der Waals surface area contributed by atoms with Crippen molar-refractivity contribution >= 4 is 17.3 Å². The summed E-state index contributed by atoms with van der Waals surface area (Å²) in [6, 6.07) is 7.69. The molecule has 21 heavy (non-hydrogen) atoms. The molecule has 1 fully saturated rings. The summed E-state index contributed by atoms with van der Waals surface area (Å²) in [4.78, 5) is 12.1. The van der Waals surface area contributed by atoms with E-state index in [-0.39, 0.29) is 11.9 Å². The van der Waals surface area contributed by atoms with Crippen molar-refractivity contribution in [1.82, 2.24) is 5.43 Å². The van der Waals surface area contributed by atoms with Crippen molar-refractivity contribution in [2.45, 2.75) is 52.5 Å². The van der Waals surface area contributed by atoms with Crippen molar-refractivity contribution in [2.24, 2.45) is 11.0 Å². The van der Waals surface area contributed by atoms with E-state index in [2.05, 4.69) is 22.8 Å². The van der Waals surface area contributed by atoms with Gasteiger partial charge >= 0.3 is 0 Å². The van der Waals surface area contributed by atoms with Crippen LogP contribution in [0.3, 0.4) is 0 Å². The quantitative estimate of drug-likeness (QED) is 0.833. The van der Waals surface area contributed by atoms with E-state index >= 15 is 0 Å². The smallest absolute Gasteiger partial charge is 0.262 e. The van der Waals surface area contributed by atoms with Gasteiger partial charge in [-0.3, -0.25) is 4.79 Å². The normalized spacial score (nSPS) is 21.9. The number of rotatable bonds is 4. The summed E-state index contributed by atoms with van der Waals surface area (Å²) in [6.45, 7) is 6.06. The number of aryl methyl sites for hydroxylation is 1. The van der Waals surface area contributed by atoms with Gasteiger partial charge in [-0.25, -0.2) is 5.43 Å². The van der Waals surface area contributed by atoms with E-state index in [4.69, 9.17) is 0 Å². The van der Waals surface area contributed by atoms with Crippen LogP contribution in [0.4, 0.5) is 5.69 Å². The average molecular weight is 287 g/mol. The van der Waals surface area contributed by atoms with Crippen LogP contribution < -0.4 is 10.7 Å². The number of amides is 1. The van der Waals surface area contributed by atoms with Gasteiger partial charge in [0.25, 0.3) is 5.91 Å². The SMILES string of the molecule is Cc1cccc(N[C@H](C)C(=O)NN=C2CCCC[C@@H]2C)c1. The van der Waals surface area contributed by atoms with E-state index in [9.17, 15) is 4.79 Å². The highest BCUT2D eigenvalue weighted by atomic mass is 16.2. The molecule has 4 heteroatoms. The molecule has 0 saturated heterocycles. The molecule has 1 aliphatic rings. The minimum atomic E-state index is -0.310. The molecular weight excluding hydrogens is 262 g/mol. The maximum absolute atomic E-state index is 12.1. The third kappa shape index (κ3) is 4.59. The Morgan fingerprint density at radius 3 is 2.90 bits per heavy atom. The lowest BCUT2D eigenvalue weighted by atomic mass is 9.89. The first kappa shape index (κ1) is 15.5. The Morgan fingerprint density at radius 1 is 1.38 bits per heavy atom. The molecule has 1 aromatic carbocycles. The fourth-order valence-electron chi connectivity index (χ4n) is 2.61. The van der Waals surface area contributed by atoms with Gasteiger partial charge in [0, 0.05) is 11.4 Å². The summed E-state index contributed by atoms with van der Waals surface area (Å²) in [5, 5.41) is 7.52. The van der Waals surface area contributed by atoms with Crippen molar-refractivity contribution in [2.75, 3.05) is 5.32 Å². The maximum Gasteiger partial charge on any atom is 0.262 e. The summed E-state index contributed by atoms with van der Waals surface area (Å²) in [5.41, 5.74) is 5.95. The highest BCUT2D eigenvalue weighted by Crippen LogP contribution is 2.20. The lowest BCUT2D eigenvalue weighted by molar-refractivity contribution is -0.121. The summed E-state index contributed by atoms with van der Waals surface area (Å²) in [5.74, 6) is 0.390. The first-order chi connectivity index (χ1) is 10.1. The Bertz CT molecular complexity index is 525. The van der Waals surface area contributed by atoms with Crippen molar-refractivity contribution in [3.8, 4) is 0 Å². The second-order valence-electron chi connectivity index (χ2n) is 5.96. The number of hydrogen-bond donors (Lipinski definition) is 2. The Balaban J connectivity index is 1.89. The predicted octanol–water partition coefficient (Wildman–Crippen LogP) is 3.48. The van der Waals surface area contributed by atoms with Gasteiger partial charge in [-0.2, -0.15) is 5.10 Å². The molecule has 0 spiro atoms. The monoisotopic (exact) mass is 287 g/mol. The molecule has 1 saturated carbocycles. The maximum atomic E-state index is 12.1. The number of nitrogens with one attached hydrogen (secondary N) is 2. The van der Waals surface area contributed by atoms with E-state index < -0.39 is 0 Å². The van der Waals surface area contributed by atoms with E-state index in [1.165, 1.54) is 24.8 Å². The molecule has 4 nitrogen and oxygen atoms in total. The first-order valence-corrected chi connectivity index (χ1v) is 7.76. The third-order valence-corrected chi connectivity index (χ3v) is 3.99. The summed E-state index contributed by atoms with van der Waals surface area (Å²) in [6.07, 6.45) is 4.61. The molecule has 0 heterocycles. The molecule has 0 aliphatic heterocycles. The molecule has 2 atom stereocenters. The number of carbonyl (C=O) groups excluding carboxylic acids is 1. The van der Waals surface area contributed by atoms with Gasteiger partial charge in [0.05, 0.1) is 0 Å². The highest BCUT2D eigenvalue weighted by Gasteiger charge is 2.17. The minimum absolute atomic E-state index is 0.0956. The van der Waals surface area contributed by atoms with Crippen molar-refractivity contribution < 1.29 is 4.79 Å². The number of benzene rings is 1. The standard InChI is InChI=1S/C17H25N3O/c1-12-7-6-9-15(11-12)18-14(3)17(21)20-19-16-10-5-4-8-13(16)2/h6-7,9,11,13-14,18H,4-5,8,10H2,1-3H3,(H,20,21)/t13-,14+/m0/s1. The molecule has 0 radical (unpaired) electrons. The van der Waals surface area contributed by atoms with Crippen molar-refractivity contribution in [3.05, 3.63) is 29.8 Å². The summed E-state index contributed by atoms with van der Waals surface area (Å²) in [7, 11) is 0. The van der Waals surface area contributed by atoms with Crippen LogP contribution in [0, 0.1) is 12.8 Å². The lowest BCUT2D eigenvalue weighted by Crippen LogP contribution is -2.36. The van der Waals surface area contributed by atoms with E-state index in [1.54, 1.807) is 0 Å². The van der Waals surface area contributed by atoms with Crippen LogP contribution in [-0.4, -0.2) is 17.7 Å². The fraction of sp³-hybridized carbons (Fsp3) is 0.529. The zero-order chi connectivity index (χ0) is 15.2. The largest absolute Gasteiger partial charge is 0.374 e. The van der Waals surface area contributed by atoms with E-state index in [0.29, 0.717) is 5.92 Å². The van der Waals surface area contributed by atoms with Crippen molar-refractivity contribution in [1.29, 1.82) is 0 Å². The second kappa shape index (κ2) is 7.25. The summed E-state index contributed by atoms with van der Waals surface area (Å²) >= 11 is 0. The van der Waals surface area contributed by atoms with Gasteiger partial charge in [0.2, 0.25) is 0 Å². The van der Waals surface area contributed by atoms with Gasteiger partial charge in [-0.1, -0.05) is 25.5 Å². The molecule has 0 bridgehead atoms. The highest BCUT2D eigenvalue weighted by molar-refractivity contribution is 5.90. The van der Waals surface area contributed by atoms with Gasteiger partial charge in [0.1, 0.15) is 6.04 Å². The van der Waals surface area contributed by atoms with Crippen LogP contribution in [-0.2, 0) is 4.79 Å². The van der Waals surface area contributed by atoms with Gasteiger partial charge in [-0.15, -0.1) is 0 Å². The third-order valence-electron chi connectivity index (χ3n) is 3.99. The topological polar surface area (TPSA) is 53.5 Å². The van der Waals surface area contributed by atoms with Gasteiger partial charge < -0.3 is 5.32 Å². The second-order valence-corrected chi connectivity index (χ2v) is 5.96. The number of nitrogens with zero attached hydrogens (tertiary/aromatic N) is 1. The Morgan fingerprint density at radius 2 is 2.19 bits per heavy atom. The zero-order valence-electron chi connectivity index (χ0n) is 13.1. The van der Waals surface area contributed by atoms with Crippen LogP contribution in [0.25, 0.3) is 0 Å². The van der Waals surface area contributed by atoms with Gasteiger partial charge in [-0.05, 0) is 56.7 Å². The fourth-order valence-corrected chi connectivity index (χ4v) is 2.61. The molecule has 114 valence electrons. The van der Waals surface area contributed by atoms with Crippen LogP contribution in [0.2, 0.25) is 0 Å². The number of hydrogen-bond acceptors (Lipinski definition) is 3. The molecule has 2 rings (SSSR count). The van der Waals surface area contributed by atoms with Crippen LogP contribution in [0.15, 0.2) is 29.4 Å². The zero-order valence-corrected chi connectivity index (χ0v) is 13.1. The first-order valence-electron chi connectivity index (χ1n) is 7.76. The molecule has 0 aromatic heterocycles. The van der Waals surface area contributed by atoms with Crippen LogP contribution in [0.5, 0.6) is 0 Å². The molecule has 0 unspecified atom stereocenters. The molecular formula is C17H25N3O. The molecule has 1 aromatic rings. The predicted molar refractivity (Wildman–Crippen MR) is 87.5 cm³/mol. The summed E-state index contributed by atoms with van der Waals surface area (Å²) < 4.78 is 0. The van der Waals surface area contributed by atoms with Crippen LogP contribution in [0.1, 0.15) is 45.1 Å². The number of carbonyl (C=O) groups is 1. The number of anilines is 1. The average Bonchev–Trinajstić information content (AvgIpc) is 2.46. The Labute approximate surface area is 127 Å². The minimum Gasteiger partial charge on any atom is -0.374 e. The molecule has 1 amide bonds. The number of hydrazone groups is 1.